The van der Waals surface area contributed by atoms with Crippen LogP contribution in [0.1, 0.15) is 27.2 Å². The van der Waals surface area contributed by atoms with Crippen molar-refractivity contribution >= 4 is 33.9 Å². The van der Waals surface area contributed by atoms with Crippen LogP contribution in [0.5, 0.6) is 5.75 Å². The first-order valence-corrected chi connectivity index (χ1v) is 9.91. The molecule has 2 aromatic heterocycles. The Balaban J connectivity index is 1.78. The van der Waals surface area contributed by atoms with E-state index in [1.165, 1.54) is 28.6 Å². The number of hydrogen-bond acceptors (Lipinski definition) is 8. The molecule has 1 aliphatic heterocycles. The number of carbonyl (C=O) groups excluding carboxylic acids is 3. The molecule has 30 heavy (non-hydrogen) atoms. The molecule has 1 saturated heterocycles. The molecule has 1 aromatic carbocycles. The van der Waals surface area contributed by atoms with Gasteiger partial charge in [-0.25, -0.2) is 0 Å². The van der Waals surface area contributed by atoms with Gasteiger partial charge in [0.05, 0.1) is 12.3 Å². The Hall–Kier alpha value is -3.59. The Bertz CT molecular complexity index is 1100. The van der Waals surface area contributed by atoms with Gasteiger partial charge >= 0.3 is 0 Å². The predicted octanol–water partition coefficient (Wildman–Crippen LogP) is 3.16. The molecule has 3 aromatic rings. The number of ether oxygens (including phenoxy) is 1. The lowest BCUT2D eigenvalue weighted by Crippen LogP contribution is -2.30. The molecule has 2 unspecified atom stereocenters. The summed E-state index contributed by atoms with van der Waals surface area (Å²) in [6.45, 7) is 5.70. The van der Waals surface area contributed by atoms with Crippen LogP contribution in [0.2, 0.25) is 0 Å². The van der Waals surface area contributed by atoms with Gasteiger partial charge in [-0.05, 0) is 36.8 Å². The van der Waals surface area contributed by atoms with E-state index in [2.05, 4.69) is 16.8 Å². The fourth-order valence-corrected chi connectivity index (χ4v) is 4.07. The van der Waals surface area contributed by atoms with Crippen molar-refractivity contribution < 1.29 is 23.5 Å². The summed E-state index contributed by atoms with van der Waals surface area (Å²) in [7, 11) is 0. The highest BCUT2D eigenvalue weighted by Gasteiger charge is 2.54. The molecule has 1 amide bonds. The Labute approximate surface area is 175 Å². The van der Waals surface area contributed by atoms with E-state index in [1.54, 1.807) is 43.3 Å². The Morgan fingerprint density at radius 2 is 2.03 bits per heavy atom. The first kappa shape index (κ1) is 19.7. The minimum absolute atomic E-state index is 0.0207. The van der Waals surface area contributed by atoms with Crippen molar-refractivity contribution in [1.29, 1.82) is 0 Å². The maximum Gasteiger partial charge on any atom is 0.297 e. The summed E-state index contributed by atoms with van der Waals surface area (Å²) in [4.78, 5) is 40.1. The average molecular weight is 423 g/mol. The summed E-state index contributed by atoms with van der Waals surface area (Å²) in [5, 5.41) is 8.87. The first-order chi connectivity index (χ1) is 14.5. The van der Waals surface area contributed by atoms with Crippen LogP contribution in [0.4, 0.5) is 5.13 Å². The maximum atomic E-state index is 13.1. The summed E-state index contributed by atoms with van der Waals surface area (Å²) < 4.78 is 10.7. The van der Waals surface area contributed by atoms with Crippen molar-refractivity contribution in [2.45, 2.75) is 13.0 Å². The molecule has 2 atom stereocenters. The van der Waals surface area contributed by atoms with Crippen LogP contribution in [0.25, 0.3) is 0 Å². The monoisotopic (exact) mass is 423 g/mol. The lowest BCUT2D eigenvalue weighted by Gasteiger charge is -2.24. The van der Waals surface area contributed by atoms with Crippen LogP contribution in [0.15, 0.2) is 59.7 Å². The molecule has 0 N–H and O–H groups in total. The fraction of sp³-hybridized carbons (Fsp3) is 0.190. The number of benzene rings is 1. The molecule has 8 nitrogen and oxygen atoms in total. The van der Waals surface area contributed by atoms with E-state index in [9.17, 15) is 14.4 Å². The van der Waals surface area contributed by atoms with Crippen LogP contribution >= 0.6 is 11.3 Å². The molecular formula is C21H17N3O5S. The van der Waals surface area contributed by atoms with E-state index < -0.39 is 29.4 Å². The lowest BCUT2D eigenvalue weighted by molar-refractivity contribution is -0.135. The molecule has 0 saturated carbocycles. The van der Waals surface area contributed by atoms with Gasteiger partial charge in [0.2, 0.25) is 16.7 Å². The van der Waals surface area contributed by atoms with E-state index in [-0.39, 0.29) is 10.9 Å². The van der Waals surface area contributed by atoms with Crippen LogP contribution in [0, 0.1) is 12.8 Å². The average Bonchev–Trinajstić information content (AvgIpc) is 3.48. The predicted molar refractivity (Wildman–Crippen MR) is 109 cm³/mol. The van der Waals surface area contributed by atoms with Crippen LogP contribution in [0.3, 0.4) is 0 Å². The smallest absolute Gasteiger partial charge is 0.297 e. The SMILES string of the molecule is C=CCOc1ccc(C2C(C(=O)c3ccco3)C(=O)C(=O)N2c2nnc(C)s2)cc1. The molecule has 0 bridgehead atoms. The highest BCUT2D eigenvalue weighted by atomic mass is 32.1. The molecule has 1 aliphatic rings. The maximum absolute atomic E-state index is 13.1. The zero-order valence-corrected chi connectivity index (χ0v) is 16.8. The number of rotatable bonds is 7. The normalized spacial score (nSPS) is 18.6. The van der Waals surface area contributed by atoms with Crippen LogP contribution in [-0.2, 0) is 9.59 Å². The summed E-state index contributed by atoms with van der Waals surface area (Å²) in [6, 6.07) is 9.02. The third-order valence-corrected chi connectivity index (χ3v) is 5.50. The number of aromatic nitrogens is 2. The molecule has 0 aliphatic carbocycles. The first-order valence-electron chi connectivity index (χ1n) is 9.10. The molecule has 3 heterocycles. The Kier molecular flexibility index (Phi) is 5.28. The van der Waals surface area contributed by atoms with Crippen molar-refractivity contribution in [3.63, 3.8) is 0 Å². The van der Waals surface area contributed by atoms with Crippen molar-refractivity contribution in [2.75, 3.05) is 11.5 Å². The van der Waals surface area contributed by atoms with E-state index >= 15 is 0 Å². The van der Waals surface area contributed by atoms with Crippen molar-refractivity contribution in [3.8, 4) is 5.75 Å². The van der Waals surface area contributed by atoms with Crippen LogP contribution in [-0.4, -0.2) is 34.3 Å². The number of carbonyl (C=O) groups is 3. The summed E-state index contributed by atoms with van der Waals surface area (Å²) in [5.74, 6) is -2.80. The number of nitrogens with zero attached hydrogens (tertiary/aromatic N) is 3. The summed E-state index contributed by atoms with van der Waals surface area (Å²) >= 11 is 1.17. The minimum atomic E-state index is -1.26. The number of hydrogen-bond donors (Lipinski definition) is 0. The highest BCUT2D eigenvalue weighted by molar-refractivity contribution is 7.15. The Morgan fingerprint density at radius 3 is 2.63 bits per heavy atom. The second kappa shape index (κ2) is 8.03. The van der Waals surface area contributed by atoms with Crippen molar-refractivity contribution in [1.82, 2.24) is 10.2 Å². The van der Waals surface area contributed by atoms with Gasteiger partial charge in [0.1, 0.15) is 23.3 Å². The quantitative estimate of drug-likeness (QED) is 0.249. The number of amides is 1. The molecule has 0 radical (unpaired) electrons. The van der Waals surface area contributed by atoms with Gasteiger partial charge in [-0.1, -0.05) is 36.1 Å². The number of Topliss-reactive ketones (excluding diaryl/α,β-unsaturated/α-hetero) is 2. The topological polar surface area (TPSA) is 103 Å². The van der Waals surface area contributed by atoms with Crippen molar-refractivity contribution in [2.24, 2.45) is 5.92 Å². The van der Waals surface area contributed by atoms with Gasteiger partial charge in [0.25, 0.3) is 5.91 Å². The zero-order chi connectivity index (χ0) is 21.3. The van der Waals surface area contributed by atoms with Gasteiger partial charge in [-0.15, -0.1) is 10.2 Å². The third-order valence-electron chi connectivity index (χ3n) is 4.66. The van der Waals surface area contributed by atoms with E-state index in [0.29, 0.717) is 22.9 Å². The fourth-order valence-electron chi connectivity index (χ4n) is 3.35. The third kappa shape index (κ3) is 3.43. The van der Waals surface area contributed by atoms with Gasteiger partial charge in [0.15, 0.2) is 5.76 Å². The van der Waals surface area contributed by atoms with Gasteiger partial charge < -0.3 is 9.15 Å². The number of ketones is 2. The molecule has 1 fully saturated rings. The summed E-state index contributed by atoms with van der Waals surface area (Å²) in [5.41, 5.74) is 0.595. The zero-order valence-electron chi connectivity index (χ0n) is 16.0. The van der Waals surface area contributed by atoms with Crippen LogP contribution < -0.4 is 9.64 Å². The van der Waals surface area contributed by atoms with Gasteiger partial charge in [-0.2, -0.15) is 0 Å². The molecule has 9 heteroatoms. The standard InChI is InChI=1S/C21H17N3O5S/c1-3-10-28-14-8-6-13(7-9-14)17-16(18(25)15-5-4-11-29-15)19(26)20(27)24(17)21-23-22-12(2)30-21/h3-9,11,16-17H,1,10H2,2H3. The molecule has 4 rings (SSSR count). The molecule has 152 valence electrons. The largest absolute Gasteiger partial charge is 0.490 e. The number of aryl methyl sites for hydroxylation is 1. The van der Waals surface area contributed by atoms with Gasteiger partial charge in [-0.3, -0.25) is 19.3 Å². The second-order valence-corrected chi connectivity index (χ2v) is 7.74. The lowest BCUT2D eigenvalue weighted by atomic mass is 9.88. The second-order valence-electron chi connectivity index (χ2n) is 6.58. The number of furan rings is 1. The van der Waals surface area contributed by atoms with E-state index in [4.69, 9.17) is 9.15 Å². The Morgan fingerprint density at radius 1 is 1.27 bits per heavy atom. The summed E-state index contributed by atoms with van der Waals surface area (Å²) in [6.07, 6.45) is 2.97. The number of anilines is 1. The van der Waals surface area contributed by atoms with E-state index in [1.807, 2.05) is 0 Å². The highest BCUT2D eigenvalue weighted by Crippen LogP contribution is 2.42. The van der Waals surface area contributed by atoms with E-state index in [0.717, 1.165) is 0 Å². The minimum Gasteiger partial charge on any atom is -0.490 e. The van der Waals surface area contributed by atoms with Gasteiger partial charge in [0, 0.05) is 0 Å². The molecule has 0 spiro atoms. The van der Waals surface area contributed by atoms with Crippen molar-refractivity contribution in [3.05, 3.63) is 71.6 Å². The molecular weight excluding hydrogens is 406 g/mol.